The Morgan fingerprint density at radius 3 is 2.58 bits per heavy atom. The molecule has 26 heavy (non-hydrogen) atoms. The highest BCUT2D eigenvalue weighted by Gasteiger charge is 2.43. The van der Waals surface area contributed by atoms with Crippen LogP contribution in [0, 0.1) is 17.0 Å². The molecule has 1 aromatic carbocycles. The molecule has 136 valence electrons. The van der Waals surface area contributed by atoms with Crippen molar-refractivity contribution >= 4 is 31.9 Å². The molecule has 0 bridgehead atoms. The van der Waals surface area contributed by atoms with Gasteiger partial charge in [-0.3, -0.25) is 10.1 Å². The van der Waals surface area contributed by atoms with E-state index in [9.17, 15) is 20.0 Å². The van der Waals surface area contributed by atoms with Crippen LogP contribution >= 0.6 is 31.9 Å². The summed E-state index contributed by atoms with van der Waals surface area (Å²) < 4.78 is 11.9. The summed E-state index contributed by atoms with van der Waals surface area (Å²) in [4.78, 5) is 23.6. The molecule has 0 radical (unpaired) electrons. The summed E-state index contributed by atoms with van der Waals surface area (Å²) in [5, 5.41) is 24.8. The number of ether oxygens (including phenoxy) is 1. The second-order valence-corrected chi connectivity index (χ2v) is 7.28. The van der Waals surface area contributed by atoms with Crippen LogP contribution in [0.15, 0.2) is 47.9 Å². The normalized spacial score (nSPS) is 16.1. The third-order valence-electron chi connectivity index (χ3n) is 3.86. The van der Waals surface area contributed by atoms with Crippen LogP contribution in [-0.4, -0.2) is 17.1 Å². The van der Waals surface area contributed by atoms with Gasteiger partial charge in [0.15, 0.2) is 0 Å². The van der Waals surface area contributed by atoms with Gasteiger partial charge in [-0.05, 0) is 35.0 Å². The van der Waals surface area contributed by atoms with Crippen molar-refractivity contribution in [2.75, 3.05) is 7.05 Å². The molecule has 0 saturated carbocycles. The first kappa shape index (κ1) is 18.5. The molecule has 1 aliphatic rings. The fraction of sp³-hybridized carbons (Fsp3) is 0.188. The van der Waals surface area contributed by atoms with Gasteiger partial charge in [0.05, 0.1) is 15.0 Å². The van der Waals surface area contributed by atoms with E-state index in [1.165, 1.54) is 20.0 Å². The molecular formula is C16H12Br2N2O6. The molecule has 0 spiro atoms. The fourth-order valence-electron chi connectivity index (χ4n) is 2.87. The number of halogens is 2. The predicted octanol–water partition coefficient (Wildman–Crippen LogP) is 3.37. The van der Waals surface area contributed by atoms with Crippen molar-refractivity contribution < 1.29 is 19.2 Å². The molecule has 10 heteroatoms. The number of aryl methyl sites for hydroxylation is 1. The fourth-order valence-corrected chi connectivity index (χ4v) is 4.21. The average Bonchev–Trinajstić information content (AvgIpc) is 2.53. The summed E-state index contributed by atoms with van der Waals surface area (Å²) >= 11 is 6.68. The Hall–Kier alpha value is -2.33. The zero-order valence-corrected chi connectivity index (χ0v) is 16.7. The van der Waals surface area contributed by atoms with E-state index in [0.29, 0.717) is 20.3 Å². The van der Waals surface area contributed by atoms with Gasteiger partial charge in [-0.2, -0.15) is 0 Å². The van der Waals surface area contributed by atoms with Gasteiger partial charge in [0, 0.05) is 23.2 Å². The number of fused-ring (bicyclic) bond motifs is 1. The lowest BCUT2D eigenvalue weighted by Gasteiger charge is -2.26. The number of hydrogen-bond donors (Lipinski definition) is 2. The number of rotatable bonds is 3. The lowest BCUT2D eigenvalue weighted by molar-refractivity contribution is -0.433. The molecule has 0 amide bonds. The Labute approximate surface area is 163 Å². The Morgan fingerprint density at radius 1 is 1.31 bits per heavy atom. The van der Waals surface area contributed by atoms with E-state index in [1.54, 1.807) is 12.1 Å². The lowest BCUT2D eigenvalue weighted by atomic mass is 9.87. The molecule has 1 unspecified atom stereocenters. The number of benzene rings is 1. The molecule has 1 aromatic heterocycles. The summed E-state index contributed by atoms with van der Waals surface area (Å²) in [5.41, 5.74) is -1.16. The number of nitrogens with one attached hydrogen (secondary N) is 1. The third kappa shape index (κ3) is 2.99. The van der Waals surface area contributed by atoms with Crippen LogP contribution in [0.25, 0.3) is 0 Å². The van der Waals surface area contributed by atoms with Gasteiger partial charge in [-0.1, -0.05) is 15.9 Å². The van der Waals surface area contributed by atoms with Crippen LogP contribution in [0.5, 0.6) is 11.5 Å². The van der Waals surface area contributed by atoms with Crippen LogP contribution < -0.4 is 15.7 Å². The molecule has 1 aliphatic heterocycles. The second-order valence-electron chi connectivity index (χ2n) is 5.51. The van der Waals surface area contributed by atoms with Crippen molar-refractivity contribution in [1.29, 1.82) is 0 Å². The van der Waals surface area contributed by atoms with E-state index in [1.807, 2.05) is 0 Å². The Balaban J connectivity index is 2.42. The van der Waals surface area contributed by atoms with Crippen molar-refractivity contribution in [2.24, 2.45) is 0 Å². The van der Waals surface area contributed by atoms with Gasteiger partial charge in [0.1, 0.15) is 23.2 Å². The Bertz CT molecular complexity index is 1010. The molecule has 0 saturated heterocycles. The monoisotopic (exact) mass is 486 g/mol. The minimum Gasteiger partial charge on any atom is -0.507 e. The summed E-state index contributed by atoms with van der Waals surface area (Å²) in [6, 6.07) is 4.55. The van der Waals surface area contributed by atoms with Gasteiger partial charge >= 0.3 is 11.3 Å². The zero-order chi connectivity index (χ0) is 19.2. The highest BCUT2D eigenvalue weighted by atomic mass is 79.9. The molecule has 8 nitrogen and oxygen atoms in total. The largest absolute Gasteiger partial charge is 0.507 e. The van der Waals surface area contributed by atoms with E-state index in [4.69, 9.17) is 9.15 Å². The van der Waals surface area contributed by atoms with Crippen LogP contribution in [0.4, 0.5) is 0 Å². The lowest BCUT2D eigenvalue weighted by Crippen LogP contribution is -2.30. The summed E-state index contributed by atoms with van der Waals surface area (Å²) in [7, 11) is 1.46. The molecule has 1 atom stereocenters. The van der Waals surface area contributed by atoms with E-state index < -0.39 is 22.2 Å². The molecule has 2 N–H and O–H groups in total. The van der Waals surface area contributed by atoms with Crippen molar-refractivity contribution in [2.45, 2.75) is 12.8 Å². The molecule has 3 rings (SSSR count). The average molecular weight is 488 g/mol. The van der Waals surface area contributed by atoms with Crippen molar-refractivity contribution in [1.82, 2.24) is 5.32 Å². The van der Waals surface area contributed by atoms with E-state index in [2.05, 4.69) is 37.2 Å². The maximum atomic E-state index is 12.4. The van der Waals surface area contributed by atoms with Gasteiger partial charge in [-0.25, -0.2) is 4.79 Å². The van der Waals surface area contributed by atoms with Crippen molar-refractivity contribution in [3.63, 3.8) is 0 Å². The molecule has 2 heterocycles. The Morgan fingerprint density at radius 2 is 2.00 bits per heavy atom. The molecule has 0 fully saturated rings. The van der Waals surface area contributed by atoms with Crippen LogP contribution in [0.3, 0.4) is 0 Å². The summed E-state index contributed by atoms with van der Waals surface area (Å²) in [6.45, 7) is 1.50. The smallest absolute Gasteiger partial charge is 0.344 e. The highest BCUT2D eigenvalue weighted by Crippen LogP contribution is 2.48. The highest BCUT2D eigenvalue weighted by molar-refractivity contribution is 9.11. The third-order valence-corrected chi connectivity index (χ3v) is 4.91. The van der Waals surface area contributed by atoms with E-state index >= 15 is 0 Å². The van der Waals surface area contributed by atoms with Gasteiger partial charge in [0.25, 0.3) is 5.88 Å². The zero-order valence-electron chi connectivity index (χ0n) is 13.5. The first-order chi connectivity index (χ1) is 12.2. The minimum atomic E-state index is -1.19. The molecular weight excluding hydrogens is 476 g/mol. The number of hydrogen-bond acceptors (Lipinski definition) is 7. The van der Waals surface area contributed by atoms with Crippen molar-refractivity contribution in [3.8, 4) is 11.5 Å². The predicted molar refractivity (Wildman–Crippen MR) is 98.8 cm³/mol. The maximum Gasteiger partial charge on any atom is 0.344 e. The SMILES string of the molecule is CNC1=C([N+](=O)[O-])C(c2c(O)cc(C)oc2=O)c2cc(Br)cc(Br)c2O1. The van der Waals surface area contributed by atoms with Crippen LogP contribution in [-0.2, 0) is 0 Å². The minimum absolute atomic E-state index is 0.130. The second kappa shape index (κ2) is 6.76. The van der Waals surface area contributed by atoms with E-state index in [0.717, 1.165) is 0 Å². The topological polar surface area (TPSA) is 115 Å². The number of aromatic hydroxyl groups is 1. The summed E-state index contributed by atoms with van der Waals surface area (Å²) in [5.74, 6) is -1.22. The molecule has 2 aromatic rings. The van der Waals surface area contributed by atoms with Crippen LogP contribution in [0.1, 0.15) is 22.8 Å². The Kier molecular flexibility index (Phi) is 4.80. The first-order valence-electron chi connectivity index (χ1n) is 7.31. The summed E-state index contributed by atoms with van der Waals surface area (Å²) in [6.07, 6.45) is 0. The van der Waals surface area contributed by atoms with Crippen LogP contribution in [0.2, 0.25) is 0 Å². The first-order valence-corrected chi connectivity index (χ1v) is 8.90. The maximum absolute atomic E-state index is 12.4. The van der Waals surface area contributed by atoms with Gasteiger partial charge < -0.3 is 19.6 Å². The molecule has 0 aliphatic carbocycles. The van der Waals surface area contributed by atoms with Gasteiger partial charge in [-0.15, -0.1) is 0 Å². The van der Waals surface area contributed by atoms with E-state index in [-0.39, 0.29) is 23.0 Å². The standard InChI is InChI=1S/C16H12Br2N2O6/c1-6-3-10(21)12(16(22)25-6)11-8-4-7(17)5-9(18)14(8)26-15(19-2)13(11)20(23)24/h3-5,11,19,21H,1-2H3. The van der Waals surface area contributed by atoms with Crippen molar-refractivity contribution in [3.05, 3.63) is 76.1 Å². The quantitative estimate of drug-likeness (QED) is 0.503. The number of nitrogens with zero attached hydrogens (tertiary/aromatic N) is 1. The van der Waals surface area contributed by atoms with Gasteiger partial charge in [0.2, 0.25) is 0 Å². The number of nitro groups is 1. The number of allylic oxidation sites excluding steroid dienone is 1.